The van der Waals surface area contributed by atoms with Gasteiger partial charge in [0, 0.05) is 17.2 Å². The van der Waals surface area contributed by atoms with Gasteiger partial charge in [-0.1, -0.05) is 22.8 Å². The van der Waals surface area contributed by atoms with Gasteiger partial charge in [0.25, 0.3) is 11.5 Å². The van der Waals surface area contributed by atoms with Crippen LogP contribution >= 0.6 is 11.6 Å². The SMILES string of the molecule is Cc1cc(C2=NO[C@](c3cc(C(F)(F)F)cc(Cl)c3F)(C(F)(F)F)C2)ccc1C(=O)NC1CCC1. The maximum absolute atomic E-state index is 14.7. The van der Waals surface area contributed by atoms with Gasteiger partial charge < -0.3 is 10.2 Å². The predicted molar refractivity (Wildman–Crippen MR) is 113 cm³/mol. The van der Waals surface area contributed by atoms with Crippen LogP contribution in [-0.4, -0.2) is 23.8 Å². The molecule has 1 atom stereocenters. The van der Waals surface area contributed by atoms with Crippen LogP contribution < -0.4 is 5.32 Å². The number of amides is 1. The standard InChI is InChI=1S/C23H18ClF7N2O2/c1-11-7-12(5-6-15(11)20(34)32-14-3-2-4-14)18-10-21(35-33-18,23(29,30)31)16-8-13(22(26,27)28)9-17(24)19(16)25/h5-9,14H,2-4,10H2,1H3,(H,32,34)/t21-/m1/s1. The number of hydrogen-bond donors (Lipinski definition) is 1. The molecule has 1 heterocycles. The highest BCUT2D eigenvalue weighted by molar-refractivity contribution is 6.30. The number of nitrogens with zero attached hydrogens (tertiary/aromatic N) is 1. The summed E-state index contributed by atoms with van der Waals surface area (Å²) >= 11 is 5.51. The van der Waals surface area contributed by atoms with Gasteiger partial charge in [0.1, 0.15) is 5.82 Å². The summed E-state index contributed by atoms with van der Waals surface area (Å²) < 4.78 is 96.9. The van der Waals surface area contributed by atoms with Crippen molar-refractivity contribution in [2.24, 2.45) is 5.16 Å². The first-order valence-corrected chi connectivity index (χ1v) is 10.9. The van der Waals surface area contributed by atoms with E-state index < -0.39 is 46.3 Å². The van der Waals surface area contributed by atoms with E-state index in [9.17, 15) is 35.5 Å². The average Bonchev–Trinajstić information content (AvgIpc) is 3.18. The maximum atomic E-state index is 14.7. The fraction of sp³-hybridized carbons (Fsp3) is 0.391. The molecule has 0 aromatic heterocycles. The molecule has 1 aliphatic carbocycles. The highest BCUT2D eigenvalue weighted by atomic mass is 35.5. The van der Waals surface area contributed by atoms with Crippen molar-refractivity contribution in [1.82, 2.24) is 5.32 Å². The van der Waals surface area contributed by atoms with E-state index in [1.165, 1.54) is 18.2 Å². The van der Waals surface area contributed by atoms with Gasteiger partial charge in [0.15, 0.2) is 0 Å². The maximum Gasteiger partial charge on any atom is 0.435 e. The van der Waals surface area contributed by atoms with Gasteiger partial charge in [-0.15, -0.1) is 0 Å². The molecule has 0 radical (unpaired) electrons. The Bertz CT molecular complexity index is 1210. The fourth-order valence-electron chi connectivity index (χ4n) is 4.00. The summed E-state index contributed by atoms with van der Waals surface area (Å²) in [6.07, 6.45) is -8.77. The van der Waals surface area contributed by atoms with Gasteiger partial charge in [-0.3, -0.25) is 4.79 Å². The number of benzene rings is 2. The van der Waals surface area contributed by atoms with Crippen molar-refractivity contribution in [2.75, 3.05) is 0 Å². The molecule has 35 heavy (non-hydrogen) atoms. The molecule has 1 fully saturated rings. The summed E-state index contributed by atoms with van der Waals surface area (Å²) in [5.41, 5.74) is -5.87. The predicted octanol–water partition coefficient (Wildman–Crippen LogP) is 6.67. The molecule has 0 saturated heterocycles. The number of aryl methyl sites for hydroxylation is 1. The molecular formula is C23H18ClF7N2O2. The number of alkyl halides is 6. The van der Waals surface area contributed by atoms with Crippen LogP contribution in [0, 0.1) is 12.7 Å². The third kappa shape index (κ3) is 4.57. The van der Waals surface area contributed by atoms with Crippen LogP contribution in [0.3, 0.4) is 0 Å². The quantitative estimate of drug-likeness (QED) is 0.456. The Morgan fingerprint density at radius 3 is 2.37 bits per heavy atom. The molecule has 1 amide bonds. The summed E-state index contributed by atoms with van der Waals surface area (Å²) in [4.78, 5) is 17.1. The number of nitrogens with one attached hydrogen (secondary N) is 1. The second-order valence-electron chi connectivity index (χ2n) is 8.58. The number of rotatable bonds is 4. The molecule has 2 aromatic carbocycles. The lowest BCUT2D eigenvalue weighted by atomic mass is 9.85. The summed E-state index contributed by atoms with van der Waals surface area (Å²) in [6, 6.07) is 4.50. The van der Waals surface area contributed by atoms with E-state index in [0.717, 1.165) is 19.3 Å². The highest BCUT2D eigenvalue weighted by Crippen LogP contribution is 2.51. The van der Waals surface area contributed by atoms with Crippen LogP contribution in [0.15, 0.2) is 35.5 Å². The van der Waals surface area contributed by atoms with Crippen molar-refractivity contribution in [1.29, 1.82) is 0 Å². The Hall–Kier alpha value is -2.82. The Balaban J connectivity index is 1.68. The lowest BCUT2D eigenvalue weighted by molar-refractivity contribution is -0.276. The molecule has 4 nitrogen and oxygen atoms in total. The second-order valence-corrected chi connectivity index (χ2v) is 8.99. The smallest absolute Gasteiger partial charge is 0.374 e. The fourth-order valence-corrected chi connectivity index (χ4v) is 4.22. The third-order valence-electron chi connectivity index (χ3n) is 6.22. The zero-order valence-corrected chi connectivity index (χ0v) is 18.8. The summed E-state index contributed by atoms with van der Waals surface area (Å²) in [5, 5.41) is 5.18. The molecule has 0 bridgehead atoms. The van der Waals surface area contributed by atoms with Gasteiger partial charge >= 0.3 is 12.4 Å². The van der Waals surface area contributed by atoms with Crippen LogP contribution in [0.1, 0.15) is 58.3 Å². The van der Waals surface area contributed by atoms with Crippen LogP contribution in [-0.2, 0) is 16.6 Å². The topological polar surface area (TPSA) is 50.7 Å². The van der Waals surface area contributed by atoms with E-state index in [2.05, 4.69) is 15.3 Å². The molecule has 1 N–H and O–H groups in total. The van der Waals surface area contributed by atoms with Crippen LogP contribution in [0.5, 0.6) is 0 Å². The van der Waals surface area contributed by atoms with Crippen molar-refractivity contribution >= 4 is 23.2 Å². The van der Waals surface area contributed by atoms with E-state index in [1.807, 2.05) is 0 Å². The van der Waals surface area contributed by atoms with Crippen molar-refractivity contribution < 1.29 is 40.4 Å². The molecule has 0 spiro atoms. The molecule has 2 aromatic rings. The first-order chi connectivity index (χ1) is 16.2. The normalized spacial score (nSPS) is 20.8. The van der Waals surface area contributed by atoms with Crippen LogP contribution in [0.2, 0.25) is 5.02 Å². The summed E-state index contributed by atoms with van der Waals surface area (Å²) in [6.45, 7) is 1.58. The van der Waals surface area contributed by atoms with Gasteiger partial charge in [-0.2, -0.15) is 26.3 Å². The van der Waals surface area contributed by atoms with Gasteiger partial charge in [-0.25, -0.2) is 4.39 Å². The summed E-state index contributed by atoms with van der Waals surface area (Å²) in [5.74, 6) is -2.01. The molecule has 0 unspecified atom stereocenters. The van der Waals surface area contributed by atoms with Gasteiger partial charge in [0.05, 0.1) is 22.7 Å². The molecule has 1 saturated carbocycles. The molecule has 188 valence electrons. The molecule has 1 aliphatic heterocycles. The minimum atomic E-state index is -5.34. The Kier molecular flexibility index (Phi) is 6.27. The van der Waals surface area contributed by atoms with Crippen molar-refractivity contribution in [3.63, 3.8) is 0 Å². The van der Waals surface area contributed by atoms with Gasteiger partial charge in [-0.05, 0) is 61.6 Å². The lowest BCUT2D eigenvalue weighted by Gasteiger charge is -2.30. The molecular weight excluding hydrogens is 505 g/mol. The molecule has 4 rings (SSSR count). The van der Waals surface area contributed by atoms with Crippen molar-refractivity contribution in [3.8, 4) is 0 Å². The van der Waals surface area contributed by atoms with Crippen LogP contribution in [0.4, 0.5) is 30.7 Å². The number of oxime groups is 1. The van der Waals surface area contributed by atoms with Crippen molar-refractivity contribution in [2.45, 2.75) is 56.6 Å². The summed E-state index contributed by atoms with van der Waals surface area (Å²) in [7, 11) is 0. The van der Waals surface area contributed by atoms with Crippen molar-refractivity contribution in [3.05, 3.63) is 69.0 Å². The number of carbonyl (C=O) groups excluding carboxylic acids is 1. The third-order valence-corrected chi connectivity index (χ3v) is 6.50. The molecule has 12 heteroatoms. The largest absolute Gasteiger partial charge is 0.435 e. The minimum absolute atomic E-state index is 0.0340. The van der Waals surface area contributed by atoms with E-state index in [1.54, 1.807) is 6.92 Å². The average molecular weight is 523 g/mol. The van der Waals surface area contributed by atoms with E-state index in [0.29, 0.717) is 11.1 Å². The zero-order chi connectivity index (χ0) is 25.8. The Labute approximate surface area is 200 Å². The second kappa shape index (κ2) is 8.69. The van der Waals surface area contributed by atoms with Crippen LogP contribution in [0.25, 0.3) is 0 Å². The first kappa shape index (κ1) is 25.3. The van der Waals surface area contributed by atoms with Gasteiger partial charge in [0.2, 0.25) is 0 Å². The molecule has 2 aliphatic rings. The van der Waals surface area contributed by atoms with E-state index >= 15 is 0 Å². The monoisotopic (exact) mass is 522 g/mol. The highest BCUT2D eigenvalue weighted by Gasteiger charge is 2.64. The zero-order valence-electron chi connectivity index (χ0n) is 18.1. The Morgan fingerprint density at radius 1 is 1.14 bits per heavy atom. The number of hydrogen-bond acceptors (Lipinski definition) is 3. The van der Waals surface area contributed by atoms with E-state index in [4.69, 9.17) is 11.6 Å². The number of carbonyl (C=O) groups is 1. The Morgan fingerprint density at radius 2 is 1.83 bits per heavy atom. The minimum Gasteiger partial charge on any atom is -0.374 e. The lowest BCUT2D eigenvalue weighted by Crippen LogP contribution is -2.43. The van der Waals surface area contributed by atoms with E-state index in [-0.39, 0.29) is 35.4 Å². The number of halogens is 8. The first-order valence-electron chi connectivity index (χ1n) is 10.5.